The SMILES string of the molecule is CCOc1ccccc1C(O)CN(C)CCS(C)(=O)=O. The summed E-state index contributed by atoms with van der Waals surface area (Å²) in [5.41, 5.74) is 0.723. The highest BCUT2D eigenvalue weighted by atomic mass is 32.2. The second-order valence-corrected chi connectivity index (χ2v) is 7.14. The molecular weight excluding hydrogens is 278 g/mol. The van der Waals surface area contributed by atoms with Crippen LogP contribution >= 0.6 is 0 Å². The second kappa shape index (κ2) is 7.61. The normalized spacial score (nSPS) is 13.4. The molecule has 114 valence electrons. The van der Waals surface area contributed by atoms with Gasteiger partial charge < -0.3 is 14.7 Å². The molecule has 0 heterocycles. The Labute approximate surface area is 121 Å². The van der Waals surface area contributed by atoms with Crippen molar-refractivity contribution in [1.29, 1.82) is 0 Å². The van der Waals surface area contributed by atoms with E-state index < -0.39 is 15.9 Å². The first-order valence-electron chi connectivity index (χ1n) is 6.59. The van der Waals surface area contributed by atoms with E-state index in [4.69, 9.17) is 4.74 Å². The Morgan fingerprint density at radius 3 is 2.60 bits per heavy atom. The Morgan fingerprint density at radius 1 is 1.35 bits per heavy atom. The third-order valence-corrected chi connectivity index (χ3v) is 3.83. The first-order valence-corrected chi connectivity index (χ1v) is 8.65. The van der Waals surface area contributed by atoms with Crippen LogP contribution in [0.3, 0.4) is 0 Å². The Bertz CT molecular complexity index is 516. The standard InChI is InChI=1S/C14H23NO4S/c1-4-19-14-8-6-5-7-12(14)13(16)11-15(2)9-10-20(3,17)18/h5-8,13,16H,4,9-11H2,1-3H3. The molecule has 0 radical (unpaired) electrons. The van der Waals surface area contributed by atoms with Crippen LogP contribution in [0.4, 0.5) is 0 Å². The maximum absolute atomic E-state index is 11.1. The highest BCUT2D eigenvalue weighted by Gasteiger charge is 2.16. The predicted molar refractivity (Wildman–Crippen MR) is 79.8 cm³/mol. The number of ether oxygens (including phenoxy) is 1. The van der Waals surface area contributed by atoms with Crippen molar-refractivity contribution in [2.45, 2.75) is 13.0 Å². The van der Waals surface area contributed by atoms with E-state index in [1.54, 1.807) is 11.9 Å². The van der Waals surface area contributed by atoms with Crippen molar-refractivity contribution in [3.8, 4) is 5.75 Å². The number of rotatable bonds is 8. The van der Waals surface area contributed by atoms with Gasteiger partial charge >= 0.3 is 0 Å². The molecule has 6 heteroatoms. The van der Waals surface area contributed by atoms with Gasteiger partial charge in [-0.05, 0) is 20.0 Å². The fourth-order valence-corrected chi connectivity index (χ4v) is 2.49. The van der Waals surface area contributed by atoms with E-state index in [0.717, 1.165) is 5.56 Å². The largest absolute Gasteiger partial charge is 0.493 e. The van der Waals surface area contributed by atoms with Crippen molar-refractivity contribution in [3.05, 3.63) is 29.8 Å². The summed E-state index contributed by atoms with van der Waals surface area (Å²) in [4.78, 5) is 1.80. The van der Waals surface area contributed by atoms with E-state index in [1.165, 1.54) is 6.26 Å². The van der Waals surface area contributed by atoms with Gasteiger partial charge in [0.15, 0.2) is 0 Å². The minimum Gasteiger partial charge on any atom is -0.493 e. The van der Waals surface area contributed by atoms with Gasteiger partial charge in [-0.1, -0.05) is 18.2 Å². The summed E-state index contributed by atoms with van der Waals surface area (Å²) in [6, 6.07) is 7.34. The molecule has 0 saturated carbocycles. The third-order valence-electron chi connectivity index (χ3n) is 2.91. The fraction of sp³-hybridized carbons (Fsp3) is 0.571. The van der Waals surface area contributed by atoms with Crippen molar-refractivity contribution in [2.75, 3.05) is 38.8 Å². The molecule has 1 rings (SSSR count). The molecule has 5 nitrogen and oxygen atoms in total. The quantitative estimate of drug-likeness (QED) is 0.779. The van der Waals surface area contributed by atoms with E-state index in [2.05, 4.69) is 0 Å². The van der Waals surface area contributed by atoms with Crippen molar-refractivity contribution in [2.24, 2.45) is 0 Å². The molecule has 0 aromatic heterocycles. The molecule has 0 fully saturated rings. The summed E-state index contributed by atoms with van der Waals surface area (Å²) in [6.45, 7) is 3.18. The van der Waals surface area contributed by atoms with Crippen molar-refractivity contribution >= 4 is 9.84 Å². The third kappa shape index (κ3) is 5.90. The van der Waals surface area contributed by atoms with Gasteiger partial charge in [0.25, 0.3) is 0 Å². The van der Waals surface area contributed by atoms with Crippen LogP contribution in [-0.4, -0.2) is 57.2 Å². The molecule has 0 spiro atoms. The summed E-state index contributed by atoms with van der Waals surface area (Å²) in [6.07, 6.45) is 0.504. The molecule has 0 aliphatic heterocycles. The number of aliphatic hydroxyl groups excluding tert-OH is 1. The molecule has 0 aliphatic carbocycles. The minimum absolute atomic E-state index is 0.0866. The number of para-hydroxylation sites is 1. The van der Waals surface area contributed by atoms with Crippen molar-refractivity contribution < 1.29 is 18.3 Å². The van der Waals surface area contributed by atoms with E-state index in [0.29, 0.717) is 25.4 Å². The number of aliphatic hydroxyl groups is 1. The highest BCUT2D eigenvalue weighted by molar-refractivity contribution is 7.90. The lowest BCUT2D eigenvalue weighted by Crippen LogP contribution is -2.29. The molecule has 20 heavy (non-hydrogen) atoms. The maximum Gasteiger partial charge on any atom is 0.148 e. The van der Waals surface area contributed by atoms with E-state index in [9.17, 15) is 13.5 Å². The van der Waals surface area contributed by atoms with E-state index in [-0.39, 0.29) is 5.75 Å². The number of nitrogens with zero attached hydrogens (tertiary/aromatic N) is 1. The van der Waals surface area contributed by atoms with Gasteiger partial charge in [0, 0.05) is 24.9 Å². The number of hydrogen-bond donors (Lipinski definition) is 1. The lowest BCUT2D eigenvalue weighted by Gasteiger charge is -2.22. The molecule has 1 N–H and O–H groups in total. The molecule has 1 aromatic carbocycles. The van der Waals surface area contributed by atoms with Gasteiger partial charge in [0.2, 0.25) is 0 Å². The minimum atomic E-state index is -2.98. The average Bonchev–Trinajstić information content (AvgIpc) is 2.36. The van der Waals surface area contributed by atoms with Gasteiger partial charge in [0.1, 0.15) is 15.6 Å². The smallest absolute Gasteiger partial charge is 0.148 e. The highest BCUT2D eigenvalue weighted by Crippen LogP contribution is 2.25. The Kier molecular flexibility index (Phi) is 6.45. The summed E-state index contributed by atoms with van der Waals surface area (Å²) < 4.78 is 27.7. The summed E-state index contributed by atoms with van der Waals surface area (Å²) in [5.74, 6) is 0.752. The van der Waals surface area contributed by atoms with Gasteiger partial charge in [-0.3, -0.25) is 0 Å². The predicted octanol–water partition coefficient (Wildman–Crippen LogP) is 1.10. The van der Waals surface area contributed by atoms with E-state index >= 15 is 0 Å². The maximum atomic E-state index is 11.1. The summed E-state index contributed by atoms with van der Waals surface area (Å²) >= 11 is 0. The molecule has 0 bridgehead atoms. The van der Waals surface area contributed by atoms with Crippen LogP contribution in [0.25, 0.3) is 0 Å². The lowest BCUT2D eigenvalue weighted by atomic mass is 10.1. The van der Waals surface area contributed by atoms with Crippen LogP contribution in [0.2, 0.25) is 0 Å². The van der Waals surface area contributed by atoms with Crippen molar-refractivity contribution in [1.82, 2.24) is 4.90 Å². The first kappa shape index (κ1) is 16.9. The molecule has 1 atom stereocenters. The molecule has 1 aromatic rings. The van der Waals surface area contributed by atoms with Crippen LogP contribution in [0, 0.1) is 0 Å². The van der Waals surface area contributed by atoms with Crippen LogP contribution in [0.15, 0.2) is 24.3 Å². The van der Waals surface area contributed by atoms with E-state index in [1.807, 2.05) is 31.2 Å². The number of likely N-dealkylation sites (N-methyl/N-ethyl adjacent to an activating group) is 1. The number of hydrogen-bond acceptors (Lipinski definition) is 5. The molecule has 0 saturated heterocycles. The van der Waals surface area contributed by atoms with Crippen LogP contribution in [0.5, 0.6) is 5.75 Å². The molecule has 0 aliphatic rings. The molecule has 0 amide bonds. The summed E-state index contributed by atoms with van der Waals surface area (Å²) in [7, 11) is -1.20. The van der Waals surface area contributed by atoms with Gasteiger partial charge in [-0.15, -0.1) is 0 Å². The van der Waals surface area contributed by atoms with Gasteiger partial charge in [-0.2, -0.15) is 0 Å². The average molecular weight is 301 g/mol. The Morgan fingerprint density at radius 2 is 2.00 bits per heavy atom. The zero-order chi connectivity index (χ0) is 15.2. The fourth-order valence-electron chi connectivity index (χ4n) is 1.85. The first-order chi connectivity index (χ1) is 9.33. The second-order valence-electron chi connectivity index (χ2n) is 4.88. The topological polar surface area (TPSA) is 66.8 Å². The Balaban J connectivity index is 2.64. The van der Waals surface area contributed by atoms with Crippen LogP contribution in [0.1, 0.15) is 18.6 Å². The Hall–Kier alpha value is -1.11. The van der Waals surface area contributed by atoms with Crippen LogP contribution in [-0.2, 0) is 9.84 Å². The van der Waals surface area contributed by atoms with Gasteiger partial charge in [0.05, 0.1) is 18.5 Å². The zero-order valence-corrected chi connectivity index (χ0v) is 13.1. The number of benzene rings is 1. The molecule has 1 unspecified atom stereocenters. The van der Waals surface area contributed by atoms with Gasteiger partial charge in [-0.25, -0.2) is 8.42 Å². The molecular formula is C14H23NO4S. The van der Waals surface area contributed by atoms with Crippen molar-refractivity contribution in [3.63, 3.8) is 0 Å². The van der Waals surface area contributed by atoms with Crippen LogP contribution < -0.4 is 4.74 Å². The summed E-state index contributed by atoms with van der Waals surface area (Å²) in [5, 5.41) is 10.3. The lowest BCUT2D eigenvalue weighted by molar-refractivity contribution is 0.126. The monoisotopic (exact) mass is 301 g/mol. The zero-order valence-electron chi connectivity index (χ0n) is 12.2. The number of sulfone groups is 1.